The summed E-state index contributed by atoms with van der Waals surface area (Å²) in [6.45, 7) is 8.85. The summed E-state index contributed by atoms with van der Waals surface area (Å²) in [5.74, 6) is 0.618. The van der Waals surface area contributed by atoms with Crippen LogP contribution in [0.3, 0.4) is 0 Å². The van der Waals surface area contributed by atoms with Gasteiger partial charge < -0.3 is 5.73 Å². The fourth-order valence-corrected chi connectivity index (χ4v) is 2.36. The van der Waals surface area contributed by atoms with E-state index in [-0.39, 0.29) is 5.54 Å². The Morgan fingerprint density at radius 2 is 2.25 bits per heavy atom. The van der Waals surface area contributed by atoms with E-state index in [1.807, 2.05) is 0 Å². The molecule has 0 aromatic rings. The van der Waals surface area contributed by atoms with Crippen LogP contribution in [0.2, 0.25) is 0 Å². The number of hydrogen-bond donors (Lipinski definition) is 1. The highest BCUT2D eigenvalue weighted by molar-refractivity contribution is 5.11. The highest BCUT2D eigenvalue weighted by Crippen LogP contribution is 2.33. The summed E-state index contributed by atoms with van der Waals surface area (Å²) >= 11 is 0. The van der Waals surface area contributed by atoms with E-state index in [1.54, 1.807) is 0 Å². The molecule has 0 aliphatic heterocycles. The molecule has 0 aromatic heterocycles. The number of allylic oxidation sites excluding steroid dienone is 3. The SMILES string of the molecule is CC(C)=CCCC(C)C1(N)CC=C(C)CC1. The first-order valence-corrected chi connectivity index (χ1v) is 6.52. The molecule has 2 unspecified atom stereocenters. The highest BCUT2D eigenvalue weighted by atomic mass is 14.8. The van der Waals surface area contributed by atoms with Gasteiger partial charge in [0.25, 0.3) is 0 Å². The largest absolute Gasteiger partial charge is 0.325 e. The molecule has 1 rings (SSSR count). The van der Waals surface area contributed by atoms with Crippen LogP contribution in [0.25, 0.3) is 0 Å². The van der Waals surface area contributed by atoms with Crippen molar-refractivity contribution in [2.24, 2.45) is 11.7 Å². The molecule has 0 heterocycles. The topological polar surface area (TPSA) is 26.0 Å². The molecule has 1 aliphatic rings. The van der Waals surface area contributed by atoms with Crippen LogP contribution in [0.15, 0.2) is 23.3 Å². The standard InChI is InChI=1S/C15H27N/c1-12(2)6-5-7-14(4)15(16)10-8-13(3)9-11-15/h6,8,14H,5,7,9-11,16H2,1-4H3. The van der Waals surface area contributed by atoms with Crippen LogP contribution in [0.4, 0.5) is 0 Å². The lowest BCUT2D eigenvalue weighted by Gasteiger charge is -2.38. The Kier molecular flexibility index (Phi) is 4.79. The Hall–Kier alpha value is -0.560. The first-order valence-electron chi connectivity index (χ1n) is 6.52. The van der Waals surface area contributed by atoms with Gasteiger partial charge in [0.15, 0.2) is 0 Å². The highest BCUT2D eigenvalue weighted by Gasteiger charge is 2.31. The molecule has 2 atom stereocenters. The van der Waals surface area contributed by atoms with Gasteiger partial charge in [-0.15, -0.1) is 0 Å². The average molecular weight is 221 g/mol. The van der Waals surface area contributed by atoms with Crippen LogP contribution in [-0.4, -0.2) is 5.54 Å². The third-order valence-corrected chi connectivity index (χ3v) is 3.95. The van der Waals surface area contributed by atoms with Crippen molar-refractivity contribution < 1.29 is 0 Å². The van der Waals surface area contributed by atoms with Gasteiger partial charge in [0, 0.05) is 5.54 Å². The maximum Gasteiger partial charge on any atom is 0.0218 e. The third-order valence-electron chi connectivity index (χ3n) is 3.95. The fraction of sp³-hybridized carbons (Fsp3) is 0.733. The van der Waals surface area contributed by atoms with E-state index < -0.39 is 0 Å². The van der Waals surface area contributed by atoms with Crippen molar-refractivity contribution in [1.82, 2.24) is 0 Å². The van der Waals surface area contributed by atoms with Crippen molar-refractivity contribution in [3.05, 3.63) is 23.3 Å². The van der Waals surface area contributed by atoms with Gasteiger partial charge in [0.05, 0.1) is 0 Å². The molecule has 0 fully saturated rings. The molecule has 1 aliphatic carbocycles. The lowest BCUT2D eigenvalue weighted by Crippen LogP contribution is -2.46. The summed E-state index contributed by atoms with van der Waals surface area (Å²) < 4.78 is 0. The minimum atomic E-state index is 0.0506. The predicted octanol–water partition coefficient (Wildman–Crippen LogP) is 4.20. The maximum absolute atomic E-state index is 6.52. The van der Waals surface area contributed by atoms with Gasteiger partial charge in [-0.2, -0.15) is 0 Å². The van der Waals surface area contributed by atoms with Crippen molar-refractivity contribution >= 4 is 0 Å². The van der Waals surface area contributed by atoms with Crippen LogP contribution >= 0.6 is 0 Å². The summed E-state index contributed by atoms with van der Waals surface area (Å²) in [5.41, 5.74) is 9.49. The second-order valence-corrected chi connectivity index (χ2v) is 5.75. The normalized spacial score (nSPS) is 27.2. The first-order chi connectivity index (χ1) is 7.44. The number of nitrogens with two attached hydrogens (primary N) is 1. The zero-order valence-corrected chi connectivity index (χ0v) is 11.3. The minimum Gasteiger partial charge on any atom is -0.325 e. The molecule has 0 saturated heterocycles. The van der Waals surface area contributed by atoms with Crippen LogP contribution < -0.4 is 5.73 Å². The summed E-state index contributed by atoms with van der Waals surface area (Å²) in [7, 11) is 0. The smallest absolute Gasteiger partial charge is 0.0218 e. The van der Waals surface area contributed by atoms with E-state index >= 15 is 0 Å². The molecule has 1 nitrogen and oxygen atoms in total. The summed E-state index contributed by atoms with van der Waals surface area (Å²) in [6.07, 6.45) is 10.5. The molecule has 1 heteroatoms. The van der Waals surface area contributed by atoms with Gasteiger partial charge >= 0.3 is 0 Å². The molecule has 16 heavy (non-hydrogen) atoms. The monoisotopic (exact) mass is 221 g/mol. The van der Waals surface area contributed by atoms with Gasteiger partial charge in [0.2, 0.25) is 0 Å². The Bertz CT molecular complexity index is 284. The number of rotatable bonds is 4. The molecule has 0 bridgehead atoms. The molecular weight excluding hydrogens is 194 g/mol. The average Bonchev–Trinajstić information content (AvgIpc) is 2.22. The Labute approximate surface area is 101 Å². The molecule has 92 valence electrons. The lowest BCUT2D eigenvalue weighted by atomic mass is 9.73. The van der Waals surface area contributed by atoms with E-state index in [1.165, 1.54) is 30.4 Å². The molecule has 2 N–H and O–H groups in total. The molecular formula is C15H27N. The van der Waals surface area contributed by atoms with Crippen LogP contribution in [0.1, 0.15) is 59.8 Å². The van der Waals surface area contributed by atoms with Crippen LogP contribution in [0.5, 0.6) is 0 Å². The van der Waals surface area contributed by atoms with Gasteiger partial charge in [-0.05, 0) is 58.8 Å². The Balaban J connectivity index is 2.47. The zero-order valence-electron chi connectivity index (χ0n) is 11.3. The third kappa shape index (κ3) is 3.79. The van der Waals surface area contributed by atoms with Crippen LogP contribution in [-0.2, 0) is 0 Å². The van der Waals surface area contributed by atoms with E-state index in [4.69, 9.17) is 5.73 Å². The minimum absolute atomic E-state index is 0.0506. The van der Waals surface area contributed by atoms with Gasteiger partial charge in [-0.25, -0.2) is 0 Å². The summed E-state index contributed by atoms with van der Waals surface area (Å²) in [4.78, 5) is 0. The van der Waals surface area contributed by atoms with Crippen molar-refractivity contribution in [3.8, 4) is 0 Å². The quantitative estimate of drug-likeness (QED) is 0.707. The second kappa shape index (κ2) is 5.67. The first kappa shape index (κ1) is 13.5. The van der Waals surface area contributed by atoms with Crippen LogP contribution in [0, 0.1) is 5.92 Å². The Morgan fingerprint density at radius 1 is 1.56 bits per heavy atom. The molecule has 0 spiro atoms. The van der Waals surface area contributed by atoms with Crippen molar-refractivity contribution in [2.45, 2.75) is 65.3 Å². The zero-order chi connectivity index (χ0) is 12.2. The molecule has 0 amide bonds. The molecule has 0 radical (unpaired) electrons. The van der Waals surface area contributed by atoms with Crippen molar-refractivity contribution in [2.75, 3.05) is 0 Å². The van der Waals surface area contributed by atoms with E-state index in [9.17, 15) is 0 Å². The maximum atomic E-state index is 6.52. The van der Waals surface area contributed by atoms with E-state index in [0.717, 1.165) is 12.8 Å². The number of hydrogen-bond acceptors (Lipinski definition) is 1. The van der Waals surface area contributed by atoms with Gasteiger partial charge in [-0.1, -0.05) is 30.2 Å². The predicted molar refractivity (Wildman–Crippen MR) is 72.4 cm³/mol. The Morgan fingerprint density at radius 3 is 2.75 bits per heavy atom. The summed E-state index contributed by atoms with van der Waals surface area (Å²) in [6, 6.07) is 0. The van der Waals surface area contributed by atoms with E-state index in [2.05, 4.69) is 39.8 Å². The van der Waals surface area contributed by atoms with Gasteiger partial charge in [-0.3, -0.25) is 0 Å². The van der Waals surface area contributed by atoms with E-state index in [0.29, 0.717) is 5.92 Å². The molecule has 0 saturated carbocycles. The van der Waals surface area contributed by atoms with Gasteiger partial charge in [0.1, 0.15) is 0 Å². The van der Waals surface area contributed by atoms with Crippen molar-refractivity contribution in [3.63, 3.8) is 0 Å². The molecule has 0 aromatic carbocycles. The lowest BCUT2D eigenvalue weighted by molar-refractivity contribution is 0.250. The fourth-order valence-electron chi connectivity index (χ4n) is 2.36. The summed E-state index contributed by atoms with van der Waals surface area (Å²) in [5, 5.41) is 0. The second-order valence-electron chi connectivity index (χ2n) is 5.75. The van der Waals surface area contributed by atoms with Crippen molar-refractivity contribution in [1.29, 1.82) is 0 Å².